The highest BCUT2D eigenvalue weighted by molar-refractivity contribution is 7.22. The fourth-order valence-corrected chi connectivity index (χ4v) is 4.96. The number of Topliss-reactive ketones (excluding diaryl/α,β-unsaturated/α-hetero) is 1. The number of aliphatic hydroxyl groups is 1. The van der Waals surface area contributed by atoms with E-state index < -0.39 is 34.2 Å². The molecule has 2 aromatic carbocycles. The van der Waals surface area contributed by atoms with Gasteiger partial charge in [0.25, 0.3) is 11.5 Å². The topological polar surface area (TPSA) is 127 Å². The summed E-state index contributed by atoms with van der Waals surface area (Å²) in [6.07, 6.45) is 2.93. The van der Waals surface area contributed by atoms with Crippen molar-refractivity contribution >= 4 is 61.4 Å². The molecule has 0 aliphatic carbocycles. The molecule has 0 radical (unpaired) electrons. The van der Waals surface area contributed by atoms with Gasteiger partial charge in [0, 0.05) is 30.1 Å². The number of hydrogen-bond acceptors (Lipinski definition) is 8. The van der Waals surface area contributed by atoms with Gasteiger partial charge in [-0.3, -0.25) is 29.6 Å². The van der Waals surface area contributed by atoms with Gasteiger partial charge >= 0.3 is 5.91 Å². The molecule has 9 nitrogen and oxygen atoms in total. The van der Waals surface area contributed by atoms with Crippen molar-refractivity contribution in [3.8, 4) is 0 Å². The van der Waals surface area contributed by atoms with Crippen molar-refractivity contribution in [3.63, 3.8) is 0 Å². The highest BCUT2D eigenvalue weighted by atomic mass is 35.5. The first-order valence-corrected chi connectivity index (χ1v) is 11.2. The SMILES string of the molecule is O=C1C(=O)N(c2nc3cc(Cl)c(F)cc3s2)C(c2ccncc2)/C1=C(\O)c1ccc([N+](=O)[O-])cc1. The summed E-state index contributed by atoms with van der Waals surface area (Å²) in [7, 11) is 0. The van der Waals surface area contributed by atoms with E-state index in [1.807, 2.05) is 0 Å². The van der Waals surface area contributed by atoms with Gasteiger partial charge in [0.05, 0.1) is 31.8 Å². The van der Waals surface area contributed by atoms with Crippen molar-refractivity contribution in [2.45, 2.75) is 6.04 Å². The predicted octanol–water partition coefficient (Wildman–Crippen LogP) is 5.02. The molecule has 1 amide bonds. The van der Waals surface area contributed by atoms with Gasteiger partial charge in [-0.15, -0.1) is 0 Å². The highest BCUT2D eigenvalue weighted by Crippen LogP contribution is 2.44. The van der Waals surface area contributed by atoms with E-state index >= 15 is 0 Å². The van der Waals surface area contributed by atoms with E-state index in [0.29, 0.717) is 15.8 Å². The van der Waals surface area contributed by atoms with Gasteiger partial charge in [0.15, 0.2) is 5.13 Å². The number of nitro groups is 1. The number of aromatic nitrogens is 2. The van der Waals surface area contributed by atoms with Gasteiger partial charge in [-0.1, -0.05) is 22.9 Å². The molecule has 0 spiro atoms. The highest BCUT2D eigenvalue weighted by Gasteiger charge is 2.48. The zero-order valence-corrected chi connectivity index (χ0v) is 19.0. The minimum absolute atomic E-state index is 0.105. The van der Waals surface area contributed by atoms with E-state index in [1.54, 1.807) is 12.1 Å². The summed E-state index contributed by atoms with van der Waals surface area (Å²) in [5, 5.41) is 22.0. The molecule has 4 aromatic rings. The lowest BCUT2D eigenvalue weighted by atomic mass is 9.96. The van der Waals surface area contributed by atoms with E-state index in [0.717, 1.165) is 16.2 Å². The summed E-state index contributed by atoms with van der Waals surface area (Å²) in [6, 6.07) is 9.52. The molecule has 1 N–H and O–H groups in total. The van der Waals surface area contributed by atoms with E-state index in [9.17, 15) is 29.2 Å². The number of rotatable bonds is 4. The lowest BCUT2D eigenvalue weighted by Gasteiger charge is -2.22. The lowest BCUT2D eigenvalue weighted by Crippen LogP contribution is -2.29. The van der Waals surface area contributed by atoms with Crippen LogP contribution in [0.2, 0.25) is 5.02 Å². The number of nitro benzene ring substituents is 1. The first kappa shape index (κ1) is 22.6. The second-order valence-electron chi connectivity index (χ2n) is 7.48. The third-order valence-electron chi connectivity index (χ3n) is 5.44. The van der Waals surface area contributed by atoms with Gasteiger partial charge in [-0.2, -0.15) is 0 Å². The van der Waals surface area contributed by atoms with Crippen LogP contribution in [-0.4, -0.2) is 31.7 Å². The van der Waals surface area contributed by atoms with Crippen molar-refractivity contribution in [3.05, 3.63) is 98.6 Å². The van der Waals surface area contributed by atoms with Crippen LogP contribution in [0.4, 0.5) is 15.2 Å². The number of thiazole rings is 1. The Hall–Kier alpha value is -4.22. The Bertz CT molecular complexity index is 1520. The molecule has 1 atom stereocenters. The molecule has 1 aliphatic heterocycles. The van der Waals surface area contributed by atoms with Crippen LogP contribution in [0.15, 0.2) is 66.5 Å². The number of aliphatic hydroxyl groups excluding tert-OH is 1. The number of halogens is 2. The first-order chi connectivity index (χ1) is 16.8. The van der Waals surface area contributed by atoms with Crippen LogP contribution in [0.5, 0.6) is 0 Å². The molecule has 1 aliphatic rings. The van der Waals surface area contributed by atoms with E-state index in [1.165, 1.54) is 48.8 Å². The Morgan fingerprint density at radius 2 is 1.83 bits per heavy atom. The maximum atomic E-state index is 14.0. The number of carbonyl (C=O) groups is 2. The Kier molecular flexibility index (Phi) is 5.50. The van der Waals surface area contributed by atoms with E-state index in [2.05, 4.69) is 9.97 Å². The molecule has 0 saturated carbocycles. The Morgan fingerprint density at radius 3 is 2.49 bits per heavy atom. The molecule has 1 saturated heterocycles. The van der Waals surface area contributed by atoms with Gasteiger partial charge < -0.3 is 5.11 Å². The summed E-state index contributed by atoms with van der Waals surface area (Å²) >= 11 is 6.85. The molecule has 3 heterocycles. The maximum Gasteiger partial charge on any atom is 0.301 e. The molecule has 5 rings (SSSR count). The van der Waals surface area contributed by atoms with Crippen LogP contribution in [0.25, 0.3) is 16.0 Å². The fraction of sp³-hybridized carbons (Fsp3) is 0.0435. The molecule has 2 aromatic heterocycles. The van der Waals surface area contributed by atoms with Crippen molar-refractivity contribution in [1.29, 1.82) is 0 Å². The quantitative estimate of drug-likeness (QED) is 0.134. The normalized spacial score (nSPS) is 17.3. The van der Waals surface area contributed by atoms with Crippen molar-refractivity contribution in [2.75, 3.05) is 4.90 Å². The Balaban J connectivity index is 1.70. The fourth-order valence-electron chi connectivity index (χ4n) is 3.80. The molecular weight excluding hydrogens is 499 g/mol. The Morgan fingerprint density at radius 1 is 1.14 bits per heavy atom. The number of hydrogen-bond donors (Lipinski definition) is 1. The van der Waals surface area contributed by atoms with E-state index in [-0.39, 0.29) is 27.0 Å². The average Bonchev–Trinajstić information content (AvgIpc) is 3.37. The summed E-state index contributed by atoms with van der Waals surface area (Å²) in [4.78, 5) is 46.2. The minimum Gasteiger partial charge on any atom is -0.507 e. The number of carbonyl (C=O) groups excluding carboxylic acids is 2. The van der Waals surface area contributed by atoms with Crippen molar-refractivity contribution in [2.24, 2.45) is 0 Å². The van der Waals surface area contributed by atoms with E-state index in [4.69, 9.17) is 11.6 Å². The molecule has 174 valence electrons. The molecular formula is C23H12ClFN4O5S. The number of amides is 1. The molecule has 1 unspecified atom stereocenters. The number of benzene rings is 2. The predicted molar refractivity (Wildman–Crippen MR) is 127 cm³/mol. The van der Waals surface area contributed by atoms with Crippen LogP contribution in [-0.2, 0) is 9.59 Å². The van der Waals surface area contributed by atoms with Crippen LogP contribution in [0, 0.1) is 15.9 Å². The van der Waals surface area contributed by atoms with Gasteiger partial charge in [-0.25, -0.2) is 9.37 Å². The molecule has 35 heavy (non-hydrogen) atoms. The molecule has 1 fully saturated rings. The third-order valence-corrected chi connectivity index (χ3v) is 6.75. The zero-order chi connectivity index (χ0) is 24.9. The Labute approximate surface area is 204 Å². The summed E-state index contributed by atoms with van der Waals surface area (Å²) in [6.45, 7) is 0. The van der Waals surface area contributed by atoms with Crippen LogP contribution in [0.3, 0.4) is 0 Å². The zero-order valence-electron chi connectivity index (χ0n) is 17.4. The summed E-state index contributed by atoms with van der Waals surface area (Å²) in [5.41, 5.74) is 0.491. The van der Waals surface area contributed by atoms with Crippen molar-refractivity contribution in [1.82, 2.24) is 9.97 Å². The van der Waals surface area contributed by atoms with Crippen molar-refractivity contribution < 1.29 is 24.0 Å². The number of nitrogens with zero attached hydrogens (tertiary/aromatic N) is 4. The second kappa shape index (κ2) is 8.53. The summed E-state index contributed by atoms with van der Waals surface area (Å²) < 4.78 is 14.4. The number of non-ortho nitro benzene ring substituents is 1. The van der Waals surface area contributed by atoms with Crippen LogP contribution in [0.1, 0.15) is 17.2 Å². The smallest absolute Gasteiger partial charge is 0.301 e. The third kappa shape index (κ3) is 3.80. The standard InChI is InChI=1S/C23H12ClFN4O5S/c24-14-9-16-17(10-15(14)25)35-23(27-16)28-19(11-5-7-26-8-6-11)18(21(31)22(28)32)20(30)12-1-3-13(4-2-12)29(33)34/h1-10,19,30H/b20-18+. The van der Waals surface area contributed by atoms with Crippen LogP contribution < -0.4 is 4.90 Å². The number of ketones is 1. The largest absolute Gasteiger partial charge is 0.507 e. The van der Waals surface area contributed by atoms with Gasteiger partial charge in [0.1, 0.15) is 11.6 Å². The number of pyridine rings is 1. The lowest BCUT2D eigenvalue weighted by molar-refractivity contribution is -0.384. The van der Waals surface area contributed by atoms with Gasteiger partial charge in [-0.05, 0) is 42.0 Å². The minimum atomic E-state index is -1.07. The number of anilines is 1. The molecule has 12 heteroatoms. The number of fused-ring (bicyclic) bond motifs is 1. The molecule has 0 bridgehead atoms. The monoisotopic (exact) mass is 510 g/mol. The maximum absolute atomic E-state index is 14.0. The second-order valence-corrected chi connectivity index (χ2v) is 8.90. The van der Waals surface area contributed by atoms with Crippen LogP contribution >= 0.6 is 22.9 Å². The first-order valence-electron chi connectivity index (χ1n) is 9.97. The average molecular weight is 511 g/mol. The van der Waals surface area contributed by atoms with Gasteiger partial charge in [0.2, 0.25) is 0 Å². The summed E-state index contributed by atoms with van der Waals surface area (Å²) in [5.74, 6) is -3.06.